The SMILES string of the molecule is C1CC(NC2CC2)CCS1.Cl. The van der Waals surface area contributed by atoms with Gasteiger partial charge in [0, 0.05) is 12.1 Å². The van der Waals surface area contributed by atoms with Crippen molar-refractivity contribution in [3.63, 3.8) is 0 Å². The Hall–Kier alpha value is 0.600. The summed E-state index contributed by atoms with van der Waals surface area (Å²) in [7, 11) is 0. The first kappa shape index (κ1) is 9.69. The van der Waals surface area contributed by atoms with E-state index in [1.165, 1.54) is 37.2 Å². The first-order chi connectivity index (χ1) is 4.95. The summed E-state index contributed by atoms with van der Waals surface area (Å²) in [4.78, 5) is 0. The molecule has 0 atom stereocenters. The molecule has 2 fully saturated rings. The maximum Gasteiger partial charge on any atom is 0.00853 e. The van der Waals surface area contributed by atoms with Gasteiger partial charge < -0.3 is 5.32 Å². The lowest BCUT2D eigenvalue weighted by molar-refractivity contribution is 0.480. The molecule has 1 aliphatic heterocycles. The molecule has 1 aliphatic carbocycles. The molecule has 11 heavy (non-hydrogen) atoms. The van der Waals surface area contributed by atoms with E-state index in [1.807, 2.05) is 0 Å². The highest BCUT2D eigenvalue weighted by Gasteiger charge is 2.25. The van der Waals surface area contributed by atoms with Crippen LogP contribution >= 0.6 is 24.2 Å². The molecule has 66 valence electrons. The second-order valence-electron chi connectivity index (χ2n) is 3.33. The van der Waals surface area contributed by atoms with E-state index in [-0.39, 0.29) is 12.4 Å². The summed E-state index contributed by atoms with van der Waals surface area (Å²) in [6.07, 6.45) is 5.68. The lowest BCUT2D eigenvalue weighted by Crippen LogP contribution is -2.33. The Kier molecular flexibility index (Phi) is 4.04. The molecule has 1 N–H and O–H groups in total. The number of halogens is 1. The van der Waals surface area contributed by atoms with Crippen LogP contribution in [0.15, 0.2) is 0 Å². The van der Waals surface area contributed by atoms with Crippen molar-refractivity contribution in [2.45, 2.75) is 37.8 Å². The van der Waals surface area contributed by atoms with E-state index in [0.717, 1.165) is 12.1 Å². The Morgan fingerprint density at radius 1 is 0.909 bits per heavy atom. The summed E-state index contributed by atoms with van der Waals surface area (Å²) in [5, 5.41) is 3.68. The van der Waals surface area contributed by atoms with E-state index in [4.69, 9.17) is 0 Å². The maximum absolute atomic E-state index is 3.68. The Morgan fingerprint density at radius 3 is 2.00 bits per heavy atom. The first-order valence-corrected chi connectivity index (χ1v) is 5.44. The summed E-state index contributed by atoms with van der Waals surface area (Å²) in [6.45, 7) is 0. The third kappa shape index (κ3) is 3.22. The zero-order valence-electron chi connectivity index (χ0n) is 6.71. The van der Waals surface area contributed by atoms with E-state index < -0.39 is 0 Å². The van der Waals surface area contributed by atoms with Gasteiger partial charge in [-0.1, -0.05) is 0 Å². The predicted octanol–water partition coefficient (Wildman–Crippen LogP) is 2.06. The van der Waals surface area contributed by atoms with Gasteiger partial charge in [-0.2, -0.15) is 11.8 Å². The summed E-state index contributed by atoms with van der Waals surface area (Å²) in [5.41, 5.74) is 0. The van der Waals surface area contributed by atoms with Crippen LogP contribution in [0.1, 0.15) is 25.7 Å². The minimum absolute atomic E-state index is 0. The average molecular weight is 194 g/mol. The molecule has 0 aromatic carbocycles. The molecule has 2 aliphatic rings. The van der Waals surface area contributed by atoms with Gasteiger partial charge in [-0.05, 0) is 37.2 Å². The molecule has 0 bridgehead atoms. The fourth-order valence-electron chi connectivity index (χ4n) is 1.45. The van der Waals surface area contributed by atoms with Crippen LogP contribution in [0.3, 0.4) is 0 Å². The molecular weight excluding hydrogens is 178 g/mol. The van der Waals surface area contributed by atoms with Crippen LogP contribution in [-0.2, 0) is 0 Å². The van der Waals surface area contributed by atoms with Gasteiger partial charge in [-0.25, -0.2) is 0 Å². The Bertz CT molecular complexity index is 111. The Balaban J connectivity index is 0.000000605. The fraction of sp³-hybridized carbons (Fsp3) is 1.00. The van der Waals surface area contributed by atoms with Gasteiger partial charge in [0.15, 0.2) is 0 Å². The van der Waals surface area contributed by atoms with Gasteiger partial charge >= 0.3 is 0 Å². The largest absolute Gasteiger partial charge is 0.311 e. The van der Waals surface area contributed by atoms with Crippen LogP contribution in [0.5, 0.6) is 0 Å². The highest BCUT2D eigenvalue weighted by atomic mass is 35.5. The molecule has 1 saturated heterocycles. The molecule has 2 rings (SSSR count). The average Bonchev–Trinajstić information content (AvgIpc) is 2.74. The molecule has 0 unspecified atom stereocenters. The zero-order chi connectivity index (χ0) is 6.81. The molecule has 3 heteroatoms. The number of rotatable bonds is 2. The normalized spacial score (nSPS) is 26.2. The highest BCUT2D eigenvalue weighted by Crippen LogP contribution is 2.23. The van der Waals surface area contributed by atoms with Gasteiger partial charge in [-0.15, -0.1) is 12.4 Å². The summed E-state index contributed by atoms with van der Waals surface area (Å²) in [5.74, 6) is 2.76. The van der Waals surface area contributed by atoms with Crippen molar-refractivity contribution in [2.24, 2.45) is 0 Å². The van der Waals surface area contributed by atoms with Crippen molar-refractivity contribution in [2.75, 3.05) is 11.5 Å². The number of thioether (sulfide) groups is 1. The molecule has 1 heterocycles. The summed E-state index contributed by atoms with van der Waals surface area (Å²) in [6, 6.07) is 1.78. The second kappa shape index (κ2) is 4.58. The molecule has 0 spiro atoms. The summed E-state index contributed by atoms with van der Waals surface area (Å²) < 4.78 is 0. The van der Waals surface area contributed by atoms with Gasteiger partial charge in [0.1, 0.15) is 0 Å². The van der Waals surface area contributed by atoms with Crippen LogP contribution in [-0.4, -0.2) is 23.6 Å². The third-order valence-corrected chi connectivity index (χ3v) is 3.32. The van der Waals surface area contributed by atoms with Gasteiger partial charge in [-0.3, -0.25) is 0 Å². The molecule has 0 aromatic heterocycles. The number of nitrogens with one attached hydrogen (secondary N) is 1. The highest BCUT2D eigenvalue weighted by molar-refractivity contribution is 7.99. The monoisotopic (exact) mass is 193 g/mol. The Morgan fingerprint density at radius 2 is 1.45 bits per heavy atom. The Labute approximate surface area is 79.1 Å². The van der Waals surface area contributed by atoms with Crippen LogP contribution in [0, 0.1) is 0 Å². The van der Waals surface area contributed by atoms with E-state index in [9.17, 15) is 0 Å². The van der Waals surface area contributed by atoms with Crippen LogP contribution in [0.2, 0.25) is 0 Å². The standard InChI is InChI=1S/C8H15NS.ClH/c1-2-7(1)9-8-3-5-10-6-4-8;/h7-9H,1-6H2;1H. The second-order valence-corrected chi connectivity index (χ2v) is 4.55. The molecule has 0 aromatic rings. The summed E-state index contributed by atoms with van der Waals surface area (Å²) >= 11 is 2.11. The number of hydrogen-bond donors (Lipinski definition) is 1. The van der Waals surface area contributed by atoms with Crippen molar-refractivity contribution in [1.29, 1.82) is 0 Å². The molecule has 1 nitrogen and oxygen atoms in total. The molecular formula is C8H16ClNS. The lowest BCUT2D eigenvalue weighted by atomic mass is 10.1. The number of hydrogen-bond acceptors (Lipinski definition) is 2. The van der Waals surface area contributed by atoms with Crippen molar-refractivity contribution < 1.29 is 0 Å². The van der Waals surface area contributed by atoms with E-state index >= 15 is 0 Å². The van der Waals surface area contributed by atoms with Crippen molar-refractivity contribution in [3.8, 4) is 0 Å². The molecule has 0 radical (unpaired) electrons. The smallest absolute Gasteiger partial charge is 0.00853 e. The van der Waals surface area contributed by atoms with Crippen LogP contribution in [0.4, 0.5) is 0 Å². The lowest BCUT2D eigenvalue weighted by Gasteiger charge is -2.22. The van der Waals surface area contributed by atoms with Gasteiger partial charge in [0.25, 0.3) is 0 Å². The van der Waals surface area contributed by atoms with Crippen molar-refractivity contribution >= 4 is 24.2 Å². The predicted molar refractivity (Wildman–Crippen MR) is 53.8 cm³/mol. The maximum atomic E-state index is 3.68. The minimum Gasteiger partial charge on any atom is -0.311 e. The third-order valence-electron chi connectivity index (χ3n) is 2.27. The van der Waals surface area contributed by atoms with Gasteiger partial charge in [0.05, 0.1) is 0 Å². The van der Waals surface area contributed by atoms with Crippen molar-refractivity contribution in [3.05, 3.63) is 0 Å². The first-order valence-electron chi connectivity index (χ1n) is 4.29. The van der Waals surface area contributed by atoms with E-state index in [1.54, 1.807) is 0 Å². The topological polar surface area (TPSA) is 12.0 Å². The van der Waals surface area contributed by atoms with Crippen molar-refractivity contribution in [1.82, 2.24) is 5.32 Å². The molecule has 1 saturated carbocycles. The fourth-order valence-corrected chi connectivity index (χ4v) is 2.55. The van der Waals surface area contributed by atoms with Gasteiger partial charge in [0.2, 0.25) is 0 Å². The van der Waals surface area contributed by atoms with E-state index in [0.29, 0.717) is 0 Å². The van der Waals surface area contributed by atoms with Crippen LogP contribution < -0.4 is 5.32 Å². The zero-order valence-corrected chi connectivity index (χ0v) is 8.35. The molecule has 0 amide bonds. The van der Waals surface area contributed by atoms with Crippen LogP contribution in [0.25, 0.3) is 0 Å². The minimum atomic E-state index is 0. The van der Waals surface area contributed by atoms with E-state index in [2.05, 4.69) is 17.1 Å². The quantitative estimate of drug-likeness (QED) is 0.721.